The van der Waals surface area contributed by atoms with Gasteiger partial charge in [-0.1, -0.05) is 17.8 Å². The molecule has 3 aromatic rings. The molecule has 0 radical (unpaired) electrons. The number of rotatable bonds is 5. The number of nitrogens with two attached hydrogens (primary N) is 1. The molecule has 0 aliphatic heterocycles. The Balaban J connectivity index is 1.75. The van der Waals surface area contributed by atoms with E-state index in [0.717, 1.165) is 27.3 Å². The summed E-state index contributed by atoms with van der Waals surface area (Å²) in [6, 6.07) is 3.99. The lowest BCUT2D eigenvalue weighted by Crippen LogP contribution is -2.05. The van der Waals surface area contributed by atoms with E-state index >= 15 is 0 Å². The van der Waals surface area contributed by atoms with E-state index in [1.807, 2.05) is 36.1 Å². The van der Waals surface area contributed by atoms with E-state index in [1.165, 1.54) is 0 Å². The van der Waals surface area contributed by atoms with Gasteiger partial charge in [0.05, 0.1) is 17.1 Å². The van der Waals surface area contributed by atoms with Gasteiger partial charge in [-0.15, -0.1) is 21.5 Å². The van der Waals surface area contributed by atoms with Gasteiger partial charge in [0.2, 0.25) is 5.89 Å². The van der Waals surface area contributed by atoms with Crippen LogP contribution in [0.2, 0.25) is 0 Å². The Morgan fingerprint density at radius 1 is 1.43 bits per heavy atom. The van der Waals surface area contributed by atoms with Crippen molar-refractivity contribution in [3.63, 3.8) is 0 Å². The predicted octanol–water partition coefficient (Wildman–Crippen LogP) is 2.59. The fourth-order valence-electron chi connectivity index (χ4n) is 1.85. The van der Waals surface area contributed by atoms with Gasteiger partial charge in [-0.3, -0.25) is 0 Å². The second kappa shape index (κ2) is 6.00. The van der Waals surface area contributed by atoms with Gasteiger partial charge in [-0.25, -0.2) is 4.98 Å². The number of aryl methyl sites for hydroxylation is 1. The van der Waals surface area contributed by atoms with Crippen LogP contribution in [0.5, 0.6) is 0 Å². The largest absolute Gasteiger partial charge is 0.440 e. The van der Waals surface area contributed by atoms with Gasteiger partial charge in [0.25, 0.3) is 0 Å². The summed E-state index contributed by atoms with van der Waals surface area (Å²) < 4.78 is 7.63. The Kier molecular flexibility index (Phi) is 4.09. The summed E-state index contributed by atoms with van der Waals surface area (Å²) >= 11 is 3.19. The Labute approximate surface area is 130 Å². The minimum Gasteiger partial charge on any atom is -0.440 e. The minimum atomic E-state index is 0.384. The molecule has 0 aliphatic carbocycles. The summed E-state index contributed by atoms with van der Waals surface area (Å²) in [4.78, 5) is 5.60. The molecule has 2 N–H and O–H groups in total. The normalized spacial score (nSPS) is 11.2. The Hall–Kier alpha value is -1.64. The zero-order valence-electron chi connectivity index (χ0n) is 11.7. The summed E-state index contributed by atoms with van der Waals surface area (Å²) in [5, 5.41) is 11.0. The van der Waals surface area contributed by atoms with Gasteiger partial charge in [0, 0.05) is 12.8 Å². The lowest BCUT2D eigenvalue weighted by Gasteiger charge is -2.00. The van der Waals surface area contributed by atoms with Gasteiger partial charge in [-0.05, 0) is 18.4 Å². The fraction of sp³-hybridized carbons (Fsp3) is 0.308. The van der Waals surface area contributed by atoms with Crippen molar-refractivity contribution in [1.29, 1.82) is 0 Å². The predicted molar refractivity (Wildman–Crippen MR) is 83.0 cm³/mol. The van der Waals surface area contributed by atoms with Crippen LogP contribution in [0.25, 0.3) is 10.8 Å². The maximum absolute atomic E-state index is 5.73. The molecule has 3 rings (SSSR count). The van der Waals surface area contributed by atoms with Crippen LogP contribution in [-0.4, -0.2) is 19.7 Å². The van der Waals surface area contributed by atoms with Gasteiger partial charge in [-0.2, -0.15) is 0 Å². The Morgan fingerprint density at radius 3 is 2.95 bits per heavy atom. The van der Waals surface area contributed by atoms with Crippen LogP contribution in [-0.2, 0) is 19.3 Å². The molecule has 3 heterocycles. The molecule has 0 fully saturated rings. The Bertz CT molecular complexity index is 732. The summed E-state index contributed by atoms with van der Waals surface area (Å²) in [5.74, 6) is 2.98. The van der Waals surface area contributed by atoms with Crippen LogP contribution < -0.4 is 5.73 Å². The molecule has 0 saturated heterocycles. The molecule has 6 nitrogen and oxygen atoms in total. The monoisotopic (exact) mass is 321 g/mol. The molecule has 0 amide bonds. The Morgan fingerprint density at radius 2 is 2.29 bits per heavy atom. The number of oxazole rings is 1. The molecular weight excluding hydrogens is 306 g/mol. The highest BCUT2D eigenvalue weighted by molar-refractivity contribution is 7.98. The second-order valence-electron chi connectivity index (χ2n) is 4.45. The molecule has 0 aliphatic rings. The molecule has 110 valence electrons. The van der Waals surface area contributed by atoms with E-state index in [0.29, 0.717) is 18.2 Å². The van der Waals surface area contributed by atoms with Crippen LogP contribution in [0, 0.1) is 6.92 Å². The summed E-state index contributed by atoms with van der Waals surface area (Å²) in [6.45, 7) is 2.32. The van der Waals surface area contributed by atoms with Gasteiger partial charge >= 0.3 is 0 Å². The van der Waals surface area contributed by atoms with E-state index in [4.69, 9.17) is 10.2 Å². The average molecular weight is 321 g/mol. The van der Waals surface area contributed by atoms with Crippen LogP contribution in [0.4, 0.5) is 0 Å². The number of nitrogens with zero attached hydrogens (tertiary/aromatic N) is 4. The molecule has 0 atom stereocenters. The van der Waals surface area contributed by atoms with Crippen molar-refractivity contribution in [2.45, 2.75) is 24.4 Å². The molecule has 3 aromatic heterocycles. The molecule has 0 aromatic carbocycles. The van der Waals surface area contributed by atoms with Crippen molar-refractivity contribution >= 4 is 23.1 Å². The number of thiophene rings is 1. The van der Waals surface area contributed by atoms with E-state index in [-0.39, 0.29) is 0 Å². The molecular formula is C13H15N5OS2. The first-order valence-corrected chi connectivity index (χ1v) is 8.27. The molecule has 0 saturated carbocycles. The average Bonchev–Trinajstić information content (AvgIpc) is 3.17. The number of aromatic nitrogens is 4. The number of hydrogen-bond donors (Lipinski definition) is 1. The third-order valence-electron chi connectivity index (χ3n) is 3.07. The molecule has 0 bridgehead atoms. The lowest BCUT2D eigenvalue weighted by molar-refractivity contribution is 0.542. The first-order chi connectivity index (χ1) is 10.2. The number of thioether (sulfide) groups is 1. The summed E-state index contributed by atoms with van der Waals surface area (Å²) in [6.07, 6.45) is 0. The van der Waals surface area contributed by atoms with Gasteiger partial charge in [0.15, 0.2) is 5.16 Å². The standard InChI is InChI=1S/C13H15N5OS2/c1-8-9(15-12(19-8)10-4-3-5-20-10)7-21-13-17-16-11(6-14)18(13)2/h3-5H,6-7,14H2,1-2H3. The van der Waals surface area contributed by atoms with Crippen molar-refractivity contribution < 1.29 is 4.42 Å². The zero-order valence-corrected chi connectivity index (χ0v) is 13.4. The van der Waals surface area contributed by atoms with Crippen LogP contribution >= 0.6 is 23.1 Å². The van der Waals surface area contributed by atoms with Crippen LogP contribution in [0.3, 0.4) is 0 Å². The van der Waals surface area contributed by atoms with Crippen molar-refractivity contribution in [3.05, 3.63) is 34.8 Å². The maximum atomic E-state index is 5.73. The van der Waals surface area contributed by atoms with Crippen molar-refractivity contribution in [2.24, 2.45) is 12.8 Å². The van der Waals surface area contributed by atoms with E-state index in [2.05, 4.69) is 15.2 Å². The second-order valence-corrected chi connectivity index (χ2v) is 6.34. The smallest absolute Gasteiger partial charge is 0.236 e. The van der Waals surface area contributed by atoms with E-state index in [1.54, 1.807) is 23.1 Å². The molecule has 8 heteroatoms. The highest BCUT2D eigenvalue weighted by atomic mass is 32.2. The third-order valence-corrected chi connectivity index (χ3v) is 4.96. The topological polar surface area (TPSA) is 82.8 Å². The minimum absolute atomic E-state index is 0.384. The SMILES string of the molecule is Cc1oc(-c2cccs2)nc1CSc1nnc(CN)n1C. The first kappa shape index (κ1) is 14.3. The van der Waals surface area contributed by atoms with E-state index < -0.39 is 0 Å². The fourth-order valence-corrected chi connectivity index (χ4v) is 3.43. The van der Waals surface area contributed by atoms with Gasteiger partial charge < -0.3 is 14.7 Å². The van der Waals surface area contributed by atoms with E-state index in [9.17, 15) is 0 Å². The highest BCUT2D eigenvalue weighted by Gasteiger charge is 2.14. The van der Waals surface area contributed by atoms with Crippen molar-refractivity contribution in [2.75, 3.05) is 0 Å². The summed E-state index contributed by atoms with van der Waals surface area (Å²) in [7, 11) is 1.91. The molecule has 0 unspecified atom stereocenters. The number of hydrogen-bond acceptors (Lipinski definition) is 7. The first-order valence-electron chi connectivity index (χ1n) is 6.40. The van der Waals surface area contributed by atoms with Crippen molar-refractivity contribution in [3.8, 4) is 10.8 Å². The lowest BCUT2D eigenvalue weighted by atomic mass is 10.4. The highest BCUT2D eigenvalue weighted by Crippen LogP contribution is 2.29. The summed E-state index contributed by atoms with van der Waals surface area (Å²) in [5.41, 5.74) is 6.53. The van der Waals surface area contributed by atoms with Crippen LogP contribution in [0.15, 0.2) is 27.1 Å². The molecule has 21 heavy (non-hydrogen) atoms. The third kappa shape index (κ3) is 2.87. The quantitative estimate of drug-likeness (QED) is 0.727. The molecule has 0 spiro atoms. The van der Waals surface area contributed by atoms with Crippen LogP contribution in [0.1, 0.15) is 17.3 Å². The zero-order chi connectivity index (χ0) is 14.8. The van der Waals surface area contributed by atoms with Crippen molar-refractivity contribution in [1.82, 2.24) is 19.7 Å². The maximum Gasteiger partial charge on any atom is 0.236 e. The van der Waals surface area contributed by atoms with Gasteiger partial charge in [0.1, 0.15) is 11.6 Å².